The van der Waals surface area contributed by atoms with Gasteiger partial charge in [-0.3, -0.25) is 0 Å². The van der Waals surface area contributed by atoms with Gasteiger partial charge in [0, 0.05) is 11.8 Å². The molecular weight excluding hydrogens is 368 g/mol. The first kappa shape index (κ1) is 23.6. The second kappa shape index (κ2) is 13.5. The molecule has 0 aliphatic heterocycles. The van der Waals surface area contributed by atoms with Crippen molar-refractivity contribution < 1.29 is 9.47 Å². The van der Waals surface area contributed by atoms with Gasteiger partial charge in [0.05, 0.1) is 6.61 Å². The highest BCUT2D eigenvalue weighted by atomic mass is 16.5. The monoisotopic (exact) mass is 402 g/mol. The average molecular weight is 403 g/mol. The molecule has 0 aliphatic carbocycles. The summed E-state index contributed by atoms with van der Waals surface area (Å²) in [7, 11) is 0. The van der Waals surface area contributed by atoms with E-state index in [9.17, 15) is 0 Å². The molecule has 2 nitrogen and oxygen atoms in total. The largest absolute Gasteiger partial charge is 0.446 e. The van der Waals surface area contributed by atoms with Gasteiger partial charge in [0.1, 0.15) is 19.3 Å². The van der Waals surface area contributed by atoms with Crippen molar-refractivity contribution in [1.29, 1.82) is 0 Å². The van der Waals surface area contributed by atoms with Crippen LogP contribution >= 0.6 is 0 Å². The first-order valence-corrected chi connectivity index (χ1v) is 10.9. The van der Waals surface area contributed by atoms with Crippen LogP contribution in [-0.2, 0) is 9.47 Å². The maximum Gasteiger partial charge on any atom is 0.124 e. The van der Waals surface area contributed by atoms with Crippen LogP contribution < -0.4 is 0 Å². The molecule has 1 unspecified atom stereocenters. The lowest BCUT2D eigenvalue weighted by Gasteiger charge is -2.20. The molecule has 0 aromatic heterocycles. The molecule has 0 fully saturated rings. The minimum absolute atomic E-state index is 0.376. The Morgan fingerprint density at radius 3 is 1.87 bits per heavy atom. The third kappa shape index (κ3) is 8.36. The molecule has 0 N–H and O–H groups in total. The van der Waals surface area contributed by atoms with Gasteiger partial charge in [-0.1, -0.05) is 94.3 Å². The summed E-state index contributed by atoms with van der Waals surface area (Å²) in [5.41, 5.74) is 2.67. The highest BCUT2D eigenvalue weighted by molar-refractivity contribution is 5.24. The zero-order valence-electron chi connectivity index (χ0n) is 18.7. The lowest BCUT2D eigenvalue weighted by molar-refractivity contribution is 0.136. The Labute approximate surface area is 183 Å². The van der Waals surface area contributed by atoms with Gasteiger partial charge >= 0.3 is 0 Å². The summed E-state index contributed by atoms with van der Waals surface area (Å²) in [6.07, 6.45) is 3.64. The van der Waals surface area contributed by atoms with E-state index in [4.69, 9.17) is 9.47 Å². The highest BCUT2D eigenvalue weighted by Gasteiger charge is 2.16. The Morgan fingerprint density at radius 1 is 0.733 bits per heavy atom. The van der Waals surface area contributed by atoms with E-state index in [-0.39, 0.29) is 0 Å². The third-order valence-electron chi connectivity index (χ3n) is 5.34. The fraction of sp³-hybridized carbons (Fsp3) is 0.429. The van der Waals surface area contributed by atoms with E-state index < -0.39 is 0 Å². The summed E-state index contributed by atoms with van der Waals surface area (Å²) < 4.78 is 11.2. The molecule has 30 heavy (non-hydrogen) atoms. The number of benzene rings is 2. The van der Waals surface area contributed by atoms with Gasteiger partial charge in [-0.15, -0.1) is 0 Å². The zero-order chi connectivity index (χ0) is 21.6. The number of hydrogen-bond donors (Lipinski definition) is 0. The second-order valence-corrected chi connectivity index (χ2v) is 8.20. The molecule has 0 heterocycles. The summed E-state index contributed by atoms with van der Waals surface area (Å²) >= 11 is 0. The van der Waals surface area contributed by atoms with Gasteiger partial charge in [0.25, 0.3) is 0 Å². The van der Waals surface area contributed by atoms with E-state index in [2.05, 4.69) is 106 Å². The standard InChI is InChI=1S/C28H34O2/c1-23(2)27(25-14-8-5-9-15-25)18-21-29-19-12-7-13-20-30-22-28(24(3)4)26-16-10-6-11-17-26/h5-6,8-11,14-17,23-24,27-28H,18,20-22H2,1-4H3/t27-,28?/m0/s1. The highest BCUT2D eigenvalue weighted by Crippen LogP contribution is 2.27. The minimum Gasteiger partial charge on any atom is -0.446 e. The van der Waals surface area contributed by atoms with E-state index in [1.165, 1.54) is 11.1 Å². The SMILES string of the molecule is CC(C)C(COCC#CC#COCC[C@H](c1ccccc1)C(C)C)c1ccccc1. The third-order valence-corrected chi connectivity index (χ3v) is 5.34. The summed E-state index contributed by atoms with van der Waals surface area (Å²) in [6, 6.07) is 21.1. The van der Waals surface area contributed by atoms with E-state index in [1.54, 1.807) is 0 Å². The Bertz CT molecular complexity index is 759. The van der Waals surface area contributed by atoms with Gasteiger partial charge in [-0.25, -0.2) is 0 Å². The number of ether oxygens (including phenoxy) is 2. The fourth-order valence-corrected chi connectivity index (χ4v) is 3.57. The van der Waals surface area contributed by atoms with Gasteiger partial charge in [-0.05, 0) is 41.2 Å². The van der Waals surface area contributed by atoms with Crippen molar-refractivity contribution in [1.82, 2.24) is 0 Å². The van der Waals surface area contributed by atoms with E-state index in [1.807, 2.05) is 6.07 Å². The Balaban J connectivity index is 1.69. The topological polar surface area (TPSA) is 18.5 Å². The molecule has 0 amide bonds. The number of rotatable bonds is 10. The van der Waals surface area contributed by atoms with Crippen molar-refractivity contribution in [3.05, 3.63) is 71.8 Å². The predicted octanol–water partition coefficient (Wildman–Crippen LogP) is 6.25. The number of hydrogen-bond acceptors (Lipinski definition) is 2. The van der Waals surface area contributed by atoms with Crippen molar-refractivity contribution in [2.45, 2.75) is 46.0 Å². The van der Waals surface area contributed by atoms with Crippen LogP contribution in [0, 0.1) is 35.7 Å². The minimum atomic E-state index is 0.376. The van der Waals surface area contributed by atoms with E-state index in [0.29, 0.717) is 43.5 Å². The van der Waals surface area contributed by atoms with Crippen LogP contribution in [0.2, 0.25) is 0 Å². The normalized spacial score (nSPS) is 12.5. The quantitative estimate of drug-likeness (QED) is 0.345. The summed E-state index contributed by atoms with van der Waals surface area (Å²) in [6.45, 7) is 10.6. The molecule has 0 aliphatic rings. The van der Waals surface area contributed by atoms with Gasteiger partial charge in [-0.2, -0.15) is 0 Å². The van der Waals surface area contributed by atoms with Crippen molar-refractivity contribution in [3.63, 3.8) is 0 Å². The maximum atomic E-state index is 5.76. The Morgan fingerprint density at radius 2 is 1.30 bits per heavy atom. The molecular formula is C28H34O2. The Hall–Kier alpha value is -2.68. The zero-order valence-corrected chi connectivity index (χ0v) is 18.7. The van der Waals surface area contributed by atoms with Crippen LogP contribution in [0.3, 0.4) is 0 Å². The van der Waals surface area contributed by atoms with Crippen LogP contribution in [0.15, 0.2) is 60.7 Å². The molecule has 2 atom stereocenters. The summed E-state index contributed by atoms with van der Waals surface area (Å²) in [4.78, 5) is 0. The average Bonchev–Trinajstić information content (AvgIpc) is 2.75. The van der Waals surface area contributed by atoms with Crippen molar-refractivity contribution in [3.8, 4) is 23.9 Å². The molecule has 2 aromatic rings. The van der Waals surface area contributed by atoms with Crippen molar-refractivity contribution in [2.75, 3.05) is 19.8 Å². The smallest absolute Gasteiger partial charge is 0.124 e. The molecule has 2 aromatic carbocycles. The Kier molecular flexibility index (Phi) is 10.6. The molecule has 2 heteroatoms. The van der Waals surface area contributed by atoms with Crippen LogP contribution in [-0.4, -0.2) is 19.8 Å². The van der Waals surface area contributed by atoms with Crippen LogP contribution in [0.5, 0.6) is 0 Å². The van der Waals surface area contributed by atoms with E-state index >= 15 is 0 Å². The molecule has 0 saturated heterocycles. The van der Waals surface area contributed by atoms with Crippen LogP contribution in [0.1, 0.15) is 57.1 Å². The van der Waals surface area contributed by atoms with Gasteiger partial charge in [0.2, 0.25) is 0 Å². The van der Waals surface area contributed by atoms with Crippen molar-refractivity contribution in [2.24, 2.45) is 11.8 Å². The van der Waals surface area contributed by atoms with Crippen LogP contribution in [0.25, 0.3) is 0 Å². The van der Waals surface area contributed by atoms with E-state index in [0.717, 1.165) is 6.42 Å². The van der Waals surface area contributed by atoms with Crippen molar-refractivity contribution >= 4 is 0 Å². The van der Waals surface area contributed by atoms with Crippen LogP contribution in [0.4, 0.5) is 0 Å². The second-order valence-electron chi connectivity index (χ2n) is 8.20. The molecule has 0 radical (unpaired) electrons. The predicted molar refractivity (Wildman–Crippen MR) is 125 cm³/mol. The first-order chi connectivity index (χ1) is 14.6. The summed E-state index contributed by atoms with van der Waals surface area (Å²) in [5.74, 6) is 10.4. The summed E-state index contributed by atoms with van der Waals surface area (Å²) in [5, 5.41) is 0. The maximum absolute atomic E-state index is 5.76. The van der Waals surface area contributed by atoms with Gasteiger partial charge in [0.15, 0.2) is 0 Å². The first-order valence-electron chi connectivity index (χ1n) is 10.9. The molecule has 0 spiro atoms. The lowest BCUT2D eigenvalue weighted by atomic mass is 9.86. The molecule has 0 bridgehead atoms. The molecule has 2 rings (SSSR count). The fourth-order valence-electron chi connectivity index (χ4n) is 3.57. The van der Waals surface area contributed by atoms with Gasteiger partial charge < -0.3 is 9.47 Å². The molecule has 0 saturated carbocycles. The lowest BCUT2D eigenvalue weighted by Crippen LogP contribution is -2.14. The molecule has 158 valence electrons.